The van der Waals surface area contributed by atoms with Crippen molar-refractivity contribution in [2.45, 2.75) is 121 Å². The summed E-state index contributed by atoms with van der Waals surface area (Å²) in [7, 11) is 0. The van der Waals surface area contributed by atoms with Crippen LogP contribution in [0.1, 0.15) is 143 Å². The highest BCUT2D eigenvalue weighted by atomic mass is 14.4. The average Bonchev–Trinajstić information content (AvgIpc) is 4.20. The Morgan fingerprint density at radius 1 is 0.564 bits per heavy atom. The molecule has 0 amide bonds. The minimum Gasteiger partial charge on any atom is -0.0990 e. The maximum absolute atomic E-state index is 4.78. The molecule has 8 aromatic carbocycles. The van der Waals surface area contributed by atoms with Gasteiger partial charge < -0.3 is 0 Å². The quantitative estimate of drug-likeness (QED) is 0.0946. The van der Waals surface area contributed by atoms with Gasteiger partial charge in [0, 0.05) is 10.8 Å². The molecule has 0 atom stereocenters. The molecule has 0 fully saturated rings. The van der Waals surface area contributed by atoms with E-state index in [2.05, 4.69) is 225 Å². The molecule has 0 N–H and O–H groups in total. The summed E-state index contributed by atoms with van der Waals surface area (Å²) in [5.74, 6) is 0. The van der Waals surface area contributed by atoms with Crippen LogP contribution in [-0.4, -0.2) is 0 Å². The number of hydrogen-bond acceptors (Lipinski definition) is 0. The topological polar surface area (TPSA) is 0 Å². The molecule has 8 aromatic rings. The maximum atomic E-state index is 4.78. The second-order valence-electron chi connectivity index (χ2n) is 21.0. The zero-order valence-corrected chi connectivity index (χ0v) is 48.1. The molecular formula is C78H82. The molecule has 0 bridgehead atoms. The van der Waals surface area contributed by atoms with Gasteiger partial charge in [0.2, 0.25) is 0 Å². The molecule has 4 aliphatic carbocycles. The molecule has 0 nitrogen and oxygen atoms in total. The van der Waals surface area contributed by atoms with Gasteiger partial charge >= 0.3 is 0 Å². The molecule has 0 saturated heterocycles. The van der Waals surface area contributed by atoms with Crippen LogP contribution in [0, 0.1) is 0 Å². The Morgan fingerprint density at radius 3 is 1.88 bits per heavy atom. The second kappa shape index (κ2) is 23.0. The number of rotatable bonds is 10. The first-order valence-corrected chi connectivity index (χ1v) is 28.5. The minimum absolute atomic E-state index is 0. The van der Waals surface area contributed by atoms with E-state index >= 15 is 0 Å². The summed E-state index contributed by atoms with van der Waals surface area (Å²) >= 11 is 0. The summed E-state index contributed by atoms with van der Waals surface area (Å²) in [6.07, 6.45) is 24.9. The fourth-order valence-electron chi connectivity index (χ4n) is 13.2. The predicted molar refractivity (Wildman–Crippen MR) is 351 cm³/mol. The number of fused-ring (bicyclic) bond motifs is 12. The third-order valence-corrected chi connectivity index (χ3v) is 16.6. The Kier molecular flexibility index (Phi) is 16.7. The lowest BCUT2D eigenvalue weighted by atomic mass is 9.76. The highest BCUT2D eigenvalue weighted by Crippen LogP contribution is 2.61. The van der Waals surface area contributed by atoms with Crippen molar-refractivity contribution in [2.75, 3.05) is 0 Å². The minimum atomic E-state index is -0.193. The van der Waals surface area contributed by atoms with Crippen LogP contribution in [0.4, 0.5) is 0 Å². The first-order chi connectivity index (χ1) is 37.5. The molecule has 78 heavy (non-hydrogen) atoms. The zero-order chi connectivity index (χ0) is 54.9. The van der Waals surface area contributed by atoms with Crippen molar-refractivity contribution in [1.29, 1.82) is 0 Å². The Balaban J connectivity index is 0.00000111. The van der Waals surface area contributed by atoms with Gasteiger partial charge in [-0.2, -0.15) is 0 Å². The highest BCUT2D eigenvalue weighted by molar-refractivity contribution is 6.30. The van der Waals surface area contributed by atoms with E-state index in [1.165, 1.54) is 132 Å². The molecule has 0 radical (unpaired) electrons. The molecule has 0 aromatic heterocycles. The van der Waals surface area contributed by atoms with Gasteiger partial charge in [0.25, 0.3) is 0 Å². The van der Waals surface area contributed by atoms with E-state index in [0.29, 0.717) is 6.42 Å². The van der Waals surface area contributed by atoms with Crippen LogP contribution in [0.3, 0.4) is 0 Å². The van der Waals surface area contributed by atoms with Crippen LogP contribution in [0.15, 0.2) is 212 Å². The van der Waals surface area contributed by atoms with Crippen LogP contribution in [-0.2, 0) is 10.8 Å². The van der Waals surface area contributed by atoms with E-state index in [0.717, 1.165) is 29.5 Å². The Morgan fingerprint density at radius 2 is 1.19 bits per heavy atom. The third kappa shape index (κ3) is 8.88. The van der Waals surface area contributed by atoms with Crippen molar-refractivity contribution in [3.8, 4) is 55.6 Å². The van der Waals surface area contributed by atoms with E-state index in [1.807, 2.05) is 53.7 Å². The SMILES string of the molecule is C.C=C/C=C(C=C)/C(=C/c1c(C=C)c(-c2ccc3c(c2)C(C)(C)C2=C3CCC=C2)c2c(c1-c1ccc3c(c1)C(C)(C)c1ccccc1-3)-c1cc3c4ccccc4ccc3c3cccc-2c13)CC(/C=C\C)=C/C.CC.CC.CC. The molecule has 394 valence electrons. The van der Waals surface area contributed by atoms with E-state index in [1.54, 1.807) is 0 Å². The second-order valence-corrected chi connectivity index (χ2v) is 21.0. The van der Waals surface area contributed by atoms with Gasteiger partial charge in [0.15, 0.2) is 0 Å². The third-order valence-electron chi connectivity index (χ3n) is 16.6. The summed E-state index contributed by atoms with van der Waals surface area (Å²) < 4.78 is 0. The molecule has 0 unspecified atom stereocenters. The molecule has 0 heteroatoms. The number of benzene rings is 8. The smallest absolute Gasteiger partial charge is 0.0159 e. The largest absolute Gasteiger partial charge is 0.0990 e. The average molecular weight is 1020 g/mol. The lowest BCUT2D eigenvalue weighted by molar-refractivity contribution is 0.651. The van der Waals surface area contributed by atoms with Crippen molar-refractivity contribution in [1.82, 2.24) is 0 Å². The van der Waals surface area contributed by atoms with E-state index in [-0.39, 0.29) is 18.3 Å². The number of allylic oxidation sites excluding steroid dienone is 13. The summed E-state index contributed by atoms with van der Waals surface area (Å²) in [6, 6.07) is 46.8. The summed E-state index contributed by atoms with van der Waals surface area (Å²) in [4.78, 5) is 0. The van der Waals surface area contributed by atoms with Crippen LogP contribution < -0.4 is 0 Å². The predicted octanol–water partition coefficient (Wildman–Crippen LogP) is 23.8. The molecule has 0 heterocycles. The molecule has 0 spiro atoms. The fourth-order valence-corrected chi connectivity index (χ4v) is 13.2. The van der Waals surface area contributed by atoms with E-state index in [9.17, 15) is 0 Å². The summed E-state index contributed by atoms with van der Waals surface area (Å²) in [6.45, 7) is 39.2. The number of hydrogen-bond donors (Lipinski definition) is 0. The van der Waals surface area contributed by atoms with Gasteiger partial charge in [-0.05, 0) is 207 Å². The lowest BCUT2D eigenvalue weighted by Gasteiger charge is -2.27. The van der Waals surface area contributed by atoms with Crippen molar-refractivity contribution in [3.63, 3.8) is 0 Å². The van der Waals surface area contributed by atoms with E-state index in [4.69, 9.17) is 6.58 Å². The first-order valence-electron chi connectivity index (χ1n) is 28.5. The maximum Gasteiger partial charge on any atom is 0.0159 e. The molecule has 12 rings (SSSR count). The van der Waals surface area contributed by atoms with Crippen LogP contribution in [0.2, 0.25) is 0 Å². The molecular weight excluding hydrogens is 937 g/mol. The fraction of sp³-hybridized carbons (Fsp3) is 0.231. The van der Waals surface area contributed by atoms with Crippen molar-refractivity contribution in [3.05, 3.63) is 245 Å². The molecule has 4 aliphatic rings. The normalized spacial score (nSPS) is 14.9. The summed E-state index contributed by atoms with van der Waals surface area (Å²) in [5.41, 5.74) is 26.5. The van der Waals surface area contributed by atoms with Crippen LogP contribution >= 0.6 is 0 Å². The standard InChI is InChI=1S/C71H60.3C2H6.CH4/c1-10-22-43(12-3)38-48(44(13-4)23-11-2)39-59-49(14-5)65(46-33-36-54-52-26-17-19-30-61(52)70(6,7)63(54)40-46)68-57-29-21-28-56-51-35-32-45-24-15-16-25-50(45)58(51)42-60(67(56)57)69(68)66(59)47-34-37-55-53-27-18-20-31-62(53)71(8,9)64(55)41-47;3*1-2;/h10-16,18-25,27-37,39-42H,2,4-5,17,26,38H2,1,3,6-9H3;3*1-2H3;1H4/b22-10-,43-12+,44-23+,48-39+;;;;. The van der Waals surface area contributed by atoms with Crippen LogP contribution in [0.5, 0.6) is 0 Å². The monoisotopic (exact) mass is 1020 g/mol. The zero-order valence-electron chi connectivity index (χ0n) is 48.1. The van der Waals surface area contributed by atoms with Gasteiger partial charge in [-0.15, -0.1) is 0 Å². The van der Waals surface area contributed by atoms with Gasteiger partial charge in [0.05, 0.1) is 0 Å². The van der Waals surface area contributed by atoms with Gasteiger partial charge in [-0.1, -0.05) is 254 Å². The van der Waals surface area contributed by atoms with Gasteiger partial charge in [-0.25, -0.2) is 0 Å². The van der Waals surface area contributed by atoms with E-state index < -0.39 is 0 Å². The van der Waals surface area contributed by atoms with Gasteiger partial charge in [-0.3, -0.25) is 0 Å². The highest BCUT2D eigenvalue weighted by Gasteiger charge is 2.40. The molecule has 0 saturated carbocycles. The Hall–Kier alpha value is -7.80. The Labute approximate surface area is 469 Å². The van der Waals surface area contributed by atoms with Crippen LogP contribution in [0.25, 0.3) is 106 Å². The lowest BCUT2D eigenvalue weighted by Crippen LogP contribution is -2.16. The summed E-state index contributed by atoms with van der Waals surface area (Å²) in [5, 5.41) is 7.66. The van der Waals surface area contributed by atoms with Gasteiger partial charge in [0.1, 0.15) is 0 Å². The molecule has 0 aliphatic heterocycles. The Bertz CT molecular complexity index is 3890. The first kappa shape index (κ1) is 56.4. The van der Waals surface area contributed by atoms with Crippen molar-refractivity contribution in [2.24, 2.45) is 0 Å². The van der Waals surface area contributed by atoms with Crippen molar-refractivity contribution < 1.29 is 0 Å². The van der Waals surface area contributed by atoms with Crippen molar-refractivity contribution >= 4 is 50.0 Å².